The van der Waals surface area contributed by atoms with Crippen molar-refractivity contribution in [3.8, 4) is 0 Å². The first-order chi connectivity index (χ1) is 9.20. The molecule has 1 radical (unpaired) electrons. The summed E-state index contributed by atoms with van der Waals surface area (Å²) in [6.07, 6.45) is 5.15. The predicted octanol–water partition coefficient (Wildman–Crippen LogP) is 5.14. The van der Waals surface area contributed by atoms with Crippen molar-refractivity contribution in [2.24, 2.45) is 0 Å². The molecule has 0 spiro atoms. The van der Waals surface area contributed by atoms with Gasteiger partial charge in [0.25, 0.3) is 0 Å². The van der Waals surface area contributed by atoms with Crippen LogP contribution in [0.1, 0.15) is 18.1 Å². The third-order valence-corrected chi connectivity index (χ3v) is 2.03. The second kappa shape index (κ2) is 15.9. The molecule has 2 aromatic carbocycles. The van der Waals surface area contributed by atoms with Crippen LogP contribution in [0.2, 0.25) is 0 Å². The number of rotatable bonds is 1. The van der Waals surface area contributed by atoms with Gasteiger partial charge in [-0.05, 0) is 0 Å². The fourth-order valence-electron chi connectivity index (χ4n) is 1.08. The van der Waals surface area contributed by atoms with Gasteiger partial charge >= 0.3 is 26.2 Å². The first-order valence-corrected chi connectivity index (χ1v) is 6.22. The van der Waals surface area contributed by atoms with Crippen molar-refractivity contribution in [1.29, 1.82) is 0 Å². The molecule has 0 saturated carbocycles. The van der Waals surface area contributed by atoms with E-state index in [4.69, 9.17) is 6.58 Å². The summed E-state index contributed by atoms with van der Waals surface area (Å²) in [5.41, 5.74) is 2.53. The number of allylic oxidation sites excluding steroid dienone is 3. The van der Waals surface area contributed by atoms with Crippen LogP contribution < -0.4 is 0 Å². The minimum atomic E-state index is 0. The fraction of sp³-hybridized carbons (Fsp3) is 0.158. The van der Waals surface area contributed by atoms with Gasteiger partial charge in [-0.15, -0.1) is 0 Å². The molecule has 0 aromatic heterocycles. The Kier molecular flexibility index (Phi) is 16.7. The molecule has 0 aliphatic rings. The second-order valence-electron chi connectivity index (χ2n) is 3.88. The van der Waals surface area contributed by atoms with E-state index in [0.717, 1.165) is 0 Å². The molecule has 2 rings (SSSR count). The van der Waals surface area contributed by atoms with Crippen LogP contribution in [0.4, 0.5) is 0 Å². The Morgan fingerprint density at radius 2 is 1.40 bits per heavy atom. The molecule has 0 aliphatic carbocycles. The summed E-state index contributed by atoms with van der Waals surface area (Å²) in [6.45, 7) is 11.0. The molecule has 20 heavy (non-hydrogen) atoms. The Morgan fingerprint density at radius 1 is 0.950 bits per heavy atom. The molecule has 1 heteroatoms. The van der Waals surface area contributed by atoms with E-state index in [1.54, 1.807) is 6.08 Å². The van der Waals surface area contributed by atoms with Gasteiger partial charge in [0.1, 0.15) is 0 Å². The quantitative estimate of drug-likeness (QED) is 0.498. The number of benzene rings is 2. The summed E-state index contributed by atoms with van der Waals surface area (Å²) in [5.74, 6) is 0. The zero-order valence-corrected chi connectivity index (χ0v) is 14.9. The molecule has 0 amide bonds. The van der Waals surface area contributed by atoms with E-state index in [2.05, 4.69) is 38.1 Å². The molecule has 0 bridgehead atoms. The van der Waals surface area contributed by atoms with Crippen LogP contribution in [0.3, 0.4) is 0 Å². The molecule has 0 atom stereocenters. The Balaban J connectivity index is 0. The molecule has 0 aliphatic heterocycles. The molecular weight excluding hydrogens is 319 g/mol. The largest absolute Gasteiger partial charge is 3.00 e. The standard InChI is InChI=1S/2C7H7.C5H7.Zr/c2*1-7-5-3-2-4-6-7;1-3-5-4-2;/h2*2-3,5-6H,1H3;1,3-5H,2H3;/q3*-1;+3. The third-order valence-electron chi connectivity index (χ3n) is 2.03. The molecular formula is C19H21Zr. The molecule has 0 fully saturated rings. The Labute approximate surface area is 143 Å². The normalized spacial score (nSPS) is 8.35. The number of hydrogen-bond donors (Lipinski definition) is 0. The van der Waals surface area contributed by atoms with Gasteiger partial charge in [-0.25, -0.2) is 12.2 Å². The maximum Gasteiger partial charge on any atom is 3.00 e. The van der Waals surface area contributed by atoms with Crippen LogP contribution in [0.15, 0.2) is 66.8 Å². The summed E-state index contributed by atoms with van der Waals surface area (Å²) in [5, 5.41) is 0. The van der Waals surface area contributed by atoms with Crippen LogP contribution >= 0.6 is 0 Å². The monoisotopic (exact) mass is 339 g/mol. The SMILES string of the molecule is Cc1c[c-]ccc1.Cc1c[c-]ccc1.[CH-]=CC=CC.[Zr+3]. The van der Waals surface area contributed by atoms with E-state index in [-0.39, 0.29) is 26.2 Å². The van der Waals surface area contributed by atoms with E-state index in [1.165, 1.54) is 17.2 Å². The van der Waals surface area contributed by atoms with Crippen molar-refractivity contribution in [2.75, 3.05) is 0 Å². The Bertz CT molecular complexity index is 406. The summed E-state index contributed by atoms with van der Waals surface area (Å²) < 4.78 is 0. The topological polar surface area (TPSA) is 0 Å². The maximum atomic E-state index is 4.93. The van der Waals surface area contributed by atoms with Crippen molar-refractivity contribution in [3.63, 3.8) is 0 Å². The van der Waals surface area contributed by atoms with Crippen molar-refractivity contribution in [1.82, 2.24) is 0 Å². The van der Waals surface area contributed by atoms with Crippen molar-refractivity contribution in [2.45, 2.75) is 20.8 Å². The fourth-order valence-corrected chi connectivity index (χ4v) is 1.08. The van der Waals surface area contributed by atoms with E-state index in [0.29, 0.717) is 0 Å². The summed E-state index contributed by atoms with van der Waals surface area (Å²) >= 11 is 0. The van der Waals surface area contributed by atoms with Crippen molar-refractivity contribution < 1.29 is 26.2 Å². The van der Waals surface area contributed by atoms with Gasteiger partial charge in [-0.1, -0.05) is 20.8 Å². The van der Waals surface area contributed by atoms with E-state index < -0.39 is 0 Å². The Hall–Kier alpha value is -1.20. The average molecular weight is 341 g/mol. The molecule has 101 valence electrons. The van der Waals surface area contributed by atoms with Gasteiger partial charge in [0.15, 0.2) is 0 Å². The number of hydrogen-bond acceptors (Lipinski definition) is 0. The zero-order valence-electron chi connectivity index (χ0n) is 12.4. The molecule has 0 unspecified atom stereocenters. The van der Waals surface area contributed by atoms with Crippen LogP contribution in [0.25, 0.3) is 0 Å². The number of aryl methyl sites for hydroxylation is 2. The van der Waals surface area contributed by atoms with Crippen molar-refractivity contribution >= 4 is 0 Å². The third kappa shape index (κ3) is 14.9. The first kappa shape index (κ1) is 21.1. The molecule has 0 heterocycles. The first-order valence-electron chi connectivity index (χ1n) is 6.22. The molecule has 0 saturated heterocycles. The van der Waals surface area contributed by atoms with E-state index >= 15 is 0 Å². The van der Waals surface area contributed by atoms with Gasteiger partial charge in [0, 0.05) is 0 Å². The summed E-state index contributed by atoms with van der Waals surface area (Å²) in [7, 11) is 0. The minimum absolute atomic E-state index is 0. The average Bonchev–Trinajstić information content (AvgIpc) is 2.43. The van der Waals surface area contributed by atoms with Crippen molar-refractivity contribution in [3.05, 3.63) is 96.6 Å². The smallest absolute Gasteiger partial charge is 0.293 e. The Morgan fingerprint density at radius 3 is 1.50 bits per heavy atom. The van der Waals surface area contributed by atoms with E-state index in [9.17, 15) is 0 Å². The molecule has 0 N–H and O–H groups in total. The van der Waals surface area contributed by atoms with Gasteiger partial charge in [-0.2, -0.15) is 77.9 Å². The molecule has 0 nitrogen and oxygen atoms in total. The van der Waals surface area contributed by atoms with Crippen LogP contribution in [0, 0.1) is 32.6 Å². The van der Waals surface area contributed by atoms with Crippen LogP contribution in [0.5, 0.6) is 0 Å². The van der Waals surface area contributed by atoms with Gasteiger partial charge in [0.05, 0.1) is 0 Å². The van der Waals surface area contributed by atoms with Crippen LogP contribution in [-0.2, 0) is 26.2 Å². The predicted molar refractivity (Wildman–Crippen MR) is 83.7 cm³/mol. The van der Waals surface area contributed by atoms with Gasteiger partial charge in [0.2, 0.25) is 0 Å². The summed E-state index contributed by atoms with van der Waals surface area (Å²) in [4.78, 5) is 0. The zero-order chi connectivity index (χ0) is 14.3. The molecule has 2 aromatic rings. The van der Waals surface area contributed by atoms with Crippen LogP contribution in [-0.4, -0.2) is 0 Å². The van der Waals surface area contributed by atoms with E-state index in [1.807, 2.05) is 49.4 Å². The second-order valence-corrected chi connectivity index (χ2v) is 3.88. The minimum Gasteiger partial charge on any atom is -0.293 e. The maximum absolute atomic E-state index is 4.93. The summed E-state index contributed by atoms with van der Waals surface area (Å²) in [6, 6.07) is 21.7. The van der Waals surface area contributed by atoms with Gasteiger partial charge in [-0.3, -0.25) is 6.58 Å². The van der Waals surface area contributed by atoms with Gasteiger partial charge < -0.3 is 0 Å².